The number of thiol groups is 1. The van der Waals surface area contributed by atoms with E-state index in [0.717, 1.165) is 25.5 Å². The Hall–Kier alpha value is 0.270. The fourth-order valence-electron chi connectivity index (χ4n) is 1.87. The van der Waals surface area contributed by atoms with Crippen LogP contribution in [0.2, 0.25) is 0 Å². The van der Waals surface area contributed by atoms with Crippen molar-refractivity contribution in [2.45, 2.75) is 38.6 Å². The maximum Gasteiger partial charge on any atom is 0.0619 e. The largest absolute Gasteiger partial charge is 0.379 e. The minimum Gasteiger partial charge on any atom is -0.379 e. The lowest BCUT2D eigenvalue weighted by Gasteiger charge is -2.33. The Kier molecular flexibility index (Phi) is 6.65. The van der Waals surface area contributed by atoms with Crippen LogP contribution in [0.25, 0.3) is 0 Å². The second-order valence-corrected chi connectivity index (χ2v) is 4.54. The summed E-state index contributed by atoms with van der Waals surface area (Å²) in [6, 6.07) is 0.619. The normalized spacial score (nSPS) is 24.0. The molecule has 84 valence electrons. The second-order valence-electron chi connectivity index (χ2n) is 4.10. The molecule has 0 aromatic rings. The van der Waals surface area contributed by atoms with Crippen molar-refractivity contribution >= 4 is 12.6 Å². The summed E-state index contributed by atoms with van der Waals surface area (Å²) in [5.74, 6) is 1.04. The minimum atomic E-state index is 0.619. The van der Waals surface area contributed by atoms with Crippen LogP contribution in [-0.2, 0) is 4.74 Å². The molecular weight excluding hydrogens is 194 g/mol. The number of unbranched alkanes of at least 4 members (excludes halogenated alkanes) is 3. The molecule has 0 radical (unpaired) electrons. The standard InChI is InChI=1S/C11H23NOS/c1-11-10-13-8-7-12(11)6-4-2-3-5-9-14/h11,14H,2-10H2,1H3. The Balaban J connectivity index is 1.99. The molecule has 0 aromatic carbocycles. The fraction of sp³-hybridized carbons (Fsp3) is 1.00. The van der Waals surface area contributed by atoms with E-state index in [0.29, 0.717) is 6.04 Å². The van der Waals surface area contributed by atoms with E-state index in [1.807, 2.05) is 0 Å². The van der Waals surface area contributed by atoms with Gasteiger partial charge < -0.3 is 4.74 Å². The number of hydrogen-bond acceptors (Lipinski definition) is 3. The van der Waals surface area contributed by atoms with E-state index < -0.39 is 0 Å². The third kappa shape index (κ3) is 4.67. The van der Waals surface area contributed by atoms with Crippen molar-refractivity contribution < 1.29 is 4.74 Å². The van der Waals surface area contributed by atoms with Gasteiger partial charge in [0, 0.05) is 12.6 Å². The summed E-state index contributed by atoms with van der Waals surface area (Å²) in [6.07, 6.45) is 5.28. The van der Waals surface area contributed by atoms with Gasteiger partial charge in [-0.1, -0.05) is 12.8 Å². The summed E-state index contributed by atoms with van der Waals surface area (Å²) in [5, 5.41) is 0. The molecule has 1 atom stereocenters. The maximum atomic E-state index is 5.41. The van der Waals surface area contributed by atoms with Gasteiger partial charge in [-0.2, -0.15) is 12.6 Å². The van der Waals surface area contributed by atoms with Crippen LogP contribution in [-0.4, -0.2) is 43.0 Å². The number of hydrogen-bond donors (Lipinski definition) is 1. The van der Waals surface area contributed by atoms with Crippen LogP contribution < -0.4 is 0 Å². The average Bonchev–Trinajstić information content (AvgIpc) is 2.20. The molecular formula is C11H23NOS. The summed E-state index contributed by atoms with van der Waals surface area (Å²) in [5.41, 5.74) is 0. The third-order valence-corrected chi connectivity index (χ3v) is 3.17. The van der Waals surface area contributed by atoms with Crippen molar-refractivity contribution in [3.63, 3.8) is 0 Å². The molecule has 0 aromatic heterocycles. The van der Waals surface area contributed by atoms with Gasteiger partial charge in [0.2, 0.25) is 0 Å². The second kappa shape index (κ2) is 7.55. The van der Waals surface area contributed by atoms with E-state index in [1.54, 1.807) is 0 Å². The molecule has 0 saturated carbocycles. The van der Waals surface area contributed by atoms with Gasteiger partial charge in [-0.25, -0.2) is 0 Å². The smallest absolute Gasteiger partial charge is 0.0619 e. The lowest BCUT2D eigenvalue weighted by Crippen LogP contribution is -2.43. The van der Waals surface area contributed by atoms with Gasteiger partial charge >= 0.3 is 0 Å². The first kappa shape index (κ1) is 12.3. The number of rotatable bonds is 6. The van der Waals surface area contributed by atoms with Crippen molar-refractivity contribution in [3.8, 4) is 0 Å². The van der Waals surface area contributed by atoms with Gasteiger partial charge in [0.05, 0.1) is 13.2 Å². The minimum absolute atomic E-state index is 0.619. The summed E-state index contributed by atoms with van der Waals surface area (Å²) in [4.78, 5) is 2.55. The summed E-state index contributed by atoms with van der Waals surface area (Å²) in [6.45, 7) is 6.45. The van der Waals surface area contributed by atoms with E-state index in [4.69, 9.17) is 4.74 Å². The van der Waals surface area contributed by atoms with E-state index in [9.17, 15) is 0 Å². The van der Waals surface area contributed by atoms with E-state index in [-0.39, 0.29) is 0 Å². The molecule has 0 N–H and O–H groups in total. The van der Waals surface area contributed by atoms with Crippen LogP contribution >= 0.6 is 12.6 Å². The van der Waals surface area contributed by atoms with E-state index in [2.05, 4.69) is 24.5 Å². The number of morpholine rings is 1. The van der Waals surface area contributed by atoms with Crippen molar-refractivity contribution in [3.05, 3.63) is 0 Å². The van der Waals surface area contributed by atoms with E-state index >= 15 is 0 Å². The van der Waals surface area contributed by atoms with Gasteiger partial charge in [-0.05, 0) is 32.1 Å². The highest BCUT2D eigenvalue weighted by Crippen LogP contribution is 2.09. The molecule has 1 aliphatic rings. The highest BCUT2D eigenvalue weighted by molar-refractivity contribution is 7.80. The number of nitrogens with zero attached hydrogens (tertiary/aromatic N) is 1. The average molecular weight is 217 g/mol. The zero-order chi connectivity index (χ0) is 10.2. The SMILES string of the molecule is CC1COCCN1CCCCCCS. The number of ether oxygens (including phenoxy) is 1. The predicted octanol–water partition coefficient (Wildman–Crippen LogP) is 2.20. The van der Waals surface area contributed by atoms with Crippen LogP contribution in [0.1, 0.15) is 32.6 Å². The van der Waals surface area contributed by atoms with Gasteiger partial charge in [-0.15, -0.1) is 0 Å². The Morgan fingerprint density at radius 3 is 2.79 bits per heavy atom. The molecule has 0 amide bonds. The maximum absolute atomic E-state index is 5.41. The fourth-order valence-corrected chi connectivity index (χ4v) is 2.10. The molecule has 0 spiro atoms. The van der Waals surface area contributed by atoms with Gasteiger partial charge in [0.1, 0.15) is 0 Å². The van der Waals surface area contributed by atoms with Crippen LogP contribution in [0.5, 0.6) is 0 Å². The molecule has 1 saturated heterocycles. The first-order valence-corrected chi connectivity index (χ1v) is 6.40. The van der Waals surface area contributed by atoms with Crippen LogP contribution in [0.15, 0.2) is 0 Å². The molecule has 1 fully saturated rings. The molecule has 1 unspecified atom stereocenters. The highest BCUT2D eigenvalue weighted by Gasteiger charge is 2.17. The van der Waals surface area contributed by atoms with Crippen molar-refractivity contribution in [2.75, 3.05) is 32.1 Å². The molecule has 1 rings (SSSR count). The predicted molar refractivity (Wildman–Crippen MR) is 64.2 cm³/mol. The topological polar surface area (TPSA) is 12.5 Å². The highest BCUT2D eigenvalue weighted by atomic mass is 32.1. The zero-order valence-corrected chi connectivity index (χ0v) is 10.1. The van der Waals surface area contributed by atoms with Gasteiger partial charge in [0.25, 0.3) is 0 Å². The molecule has 2 nitrogen and oxygen atoms in total. The van der Waals surface area contributed by atoms with Gasteiger partial charge in [-0.3, -0.25) is 4.90 Å². The monoisotopic (exact) mass is 217 g/mol. The first-order chi connectivity index (χ1) is 6.84. The Morgan fingerprint density at radius 2 is 2.07 bits per heavy atom. The zero-order valence-electron chi connectivity index (χ0n) is 9.24. The van der Waals surface area contributed by atoms with Gasteiger partial charge in [0.15, 0.2) is 0 Å². The molecule has 0 aliphatic carbocycles. The Labute approximate surface area is 93.4 Å². The molecule has 14 heavy (non-hydrogen) atoms. The van der Waals surface area contributed by atoms with E-state index in [1.165, 1.54) is 32.2 Å². The van der Waals surface area contributed by atoms with Crippen LogP contribution in [0.4, 0.5) is 0 Å². The van der Waals surface area contributed by atoms with Crippen molar-refractivity contribution in [1.82, 2.24) is 4.90 Å². The van der Waals surface area contributed by atoms with Crippen LogP contribution in [0, 0.1) is 0 Å². The lowest BCUT2D eigenvalue weighted by molar-refractivity contribution is -0.000905. The van der Waals surface area contributed by atoms with Crippen molar-refractivity contribution in [1.29, 1.82) is 0 Å². The summed E-state index contributed by atoms with van der Waals surface area (Å²) in [7, 11) is 0. The molecule has 3 heteroatoms. The summed E-state index contributed by atoms with van der Waals surface area (Å²) >= 11 is 4.21. The third-order valence-electron chi connectivity index (χ3n) is 2.86. The Bertz CT molecular complexity index is 143. The quantitative estimate of drug-likeness (QED) is 0.541. The Morgan fingerprint density at radius 1 is 1.29 bits per heavy atom. The first-order valence-electron chi connectivity index (χ1n) is 5.77. The van der Waals surface area contributed by atoms with Crippen molar-refractivity contribution in [2.24, 2.45) is 0 Å². The molecule has 1 heterocycles. The molecule has 1 aliphatic heterocycles. The lowest BCUT2D eigenvalue weighted by atomic mass is 10.1. The van der Waals surface area contributed by atoms with Crippen LogP contribution in [0.3, 0.4) is 0 Å². The molecule has 0 bridgehead atoms. The summed E-state index contributed by atoms with van der Waals surface area (Å²) < 4.78 is 5.41.